The van der Waals surface area contributed by atoms with E-state index in [1.807, 2.05) is 20.8 Å². The van der Waals surface area contributed by atoms with Crippen molar-refractivity contribution in [2.75, 3.05) is 6.61 Å². The number of ether oxygens (including phenoxy) is 1. The van der Waals surface area contributed by atoms with Gasteiger partial charge < -0.3 is 4.74 Å². The molecule has 0 aliphatic carbocycles. The third-order valence-corrected chi connectivity index (χ3v) is 2.67. The number of aromatic amines is 1. The van der Waals surface area contributed by atoms with Gasteiger partial charge in [-0.3, -0.25) is 19.1 Å². The fourth-order valence-electron chi connectivity index (χ4n) is 1.64. The van der Waals surface area contributed by atoms with Crippen molar-refractivity contribution in [1.82, 2.24) is 9.55 Å². The summed E-state index contributed by atoms with van der Waals surface area (Å²) < 4.78 is 6.44. The van der Waals surface area contributed by atoms with Crippen LogP contribution in [0.15, 0.2) is 27.9 Å². The molecule has 0 saturated heterocycles. The summed E-state index contributed by atoms with van der Waals surface area (Å²) in [6.07, 6.45) is 5.24. The highest BCUT2D eigenvalue weighted by Crippen LogP contribution is 2.18. The number of aromatic nitrogens is 2. The van der Waals surface area contributed by atoms with Crippen molar-refractivity contribution in [3.05, 3.63) is 44.8 Å². The smallest absolute Gasteiger partial charge is 0.328 e. The fourth-order valence-corrected chi connectivity index (χ4v) is 1.64. The number of H-pyrrole nitrogens is 1. The zero-order chi connectivity index (χ0) is 16.0. The van der Waals surface area contributed by atoms with Gasteiger partial charge in [-0.15, -0.1) is 0 Å². The van der Waals surface area contributed by atoms with Crippen LogP contribution >= 0.6 is 0 Å². The summed E-state index contributed by atoms with van der Waals surface area (Å²) in [5.41, 5.74) is -0.461. The van der Waals surface area contributed by atoms with E-state index in [9.17, 15) is 14.4 Å². The van der Waals surface area contributed by atoms with Gasteiger partial charge in [-0.2, -0.15) is 0 Å². The Morgan fingerprint density at radius 1 is 1.33 bits per heavy atom. The van der Waals surface area contributed by atoms with E-state index in [0.29, 0.717) is 18.5 Å². The molecular weight excluding hydrogens is 272 g/mol. The average Bonchev–Trinajstić information content (AvgIpc) is 2.32. The minimum absolute atomic E-state index is 0.0957. The summed E-state index contributed by atoms with van der Waals surface area (Å²) in [6.45, 7) is 8.02. The minimum Gasteiger partial charge on any atom is -0.461 e. The van der Waals surface area contributed by atoms with Crippen LogP contribution in [-0.2, 0) is 16.1 Å². The minimum atomic E-state index is -0.458. The molecule has 0 saturated carbocycles. The molecule has 0 spiro atoms. The third kappa shape index (κ3) is 6.25. The average molecular weight is 294 g/mol. The van der Waals surface area contributed by atoms with E-state index in [1.165, 1.54) is 10.8 Å². The van der Waals surface area contributed by atoms with Gasteiger partial charge in [0.15, 0.2) is 0 Å². The Balaban J connectivity index is 2.46. The predicted octanol–water partition coefficient (Wildman–Crippen LogP) is 1.38. The fraction of sp³-hybridized carbons (Fsp3) is 0.533. The number of carbonyl (C=O) groups is 1. The lowest BCUT2D eigenvalue weighted by Gasteiger charge is -2.15. The van der Waals surface area contributed by atoms with Crippen LogP contribution in [0.3, 0.4) is 0 Å². The Morgan fingerprint density at radius 3 is 2.62 bits per heavy atom. The number of carbonyl (C=O) groups excluding carboxylic acids is 1. The number of nitrogens with zero attached hydrogens (tertiary/aromatic N) is 1. The molecule has 0 atom stereocenters. The van der Waals surface area contributed by atoms with Crippen LogP contribution in [0.5, 0.6) is 0 Å². The van der Waals surface area contributed by atoms with E-state index >= 15 is 0 Å². The molecule has 6 heteroatoms. The molecular formula is C15H22N2O4. The molecule has 0 aliphatic heterocycles. The van der Waals surface area contributed by atoms with Crippen LogP contribution in [-0.4, -0.2) is 22.1 Å². The van der Waals surface area contributed by atoms with Gasteiger partial charge in [0.25, 0.3) is 5.56 Å². The highest BCUT2D eigenvalue weighted by atomic mass is 16.5. The second kappa shape index (κ2) is 7.06. The first-order chi connectivity index (χ1) is 9.69. The van der Waals surface area contributed by atoms with Gasteiger partial charge in [0.05, 0.1) is 6.42 Å². The second-order valence-electron chi connectivity index (χ2n) is 6.12. The van der Waals surface area contributed by atoms with Gasteiger partial charge in [-0.25, -0.2) is 4.79 Å². The lowest BCUT2D eigenvalue weighted by molar-refractivity contribution is -0.144. The first kappa shape index (κ1) is 16.9. The summed E-state index contributed by atoms with van der Waals surface area (Å²) in [5.74, 6) is -0.246. The zero-order valence-corrected chi connectivity index (χ0v) is 12.9. The number of rotatable bonds is 5. The lowest BCUT2D eigenvalue weighted by Crippen LogP contribution is -2.30. The highest BCUT2D eigenvalue weighted by Gasteiger charge is 2.16. The molecule has 0 unspecified atom stereocenters. The normalized spacial score (nSPS) is 11.8. The first-order valence-electron chi connectivity index (χ1n) is 6.80. The van der Waals surface area contributed by atoms with Crippen molar-refractivity contribution in [3.8, 4) is 0 Å². The van der Waals surface area contributed by atoms with Crippen LogP contribution < -0.4 is 11.2 Å². The Morgan fingerprint density at radius 2 is 2.00 bits per heavy atom. The predicted molar refractivity (Wildman–Crippen MR) is 80.2 cm³/mol. The standard InChI is InChI=1S/C15H22N2O4/c1-11-10-17(14(20)16-13(11)19)7-5-6-8-21-12(18)9-15(2,3)4/h5-6,10H,7-9H2,1-4H3,(H,16,19,20)/b6-5+. The van der Waals surface area contributed by atoms with E-state index < -0.39 is 5.69 Å². The van der Waals surface area contributed by atoms with Gasteiger partial charge in [-0.05, 0) is 18.4 Å². The van der Waals surface area contributed by atoms with Crippen molar-refractivity contribution in [2.24, 2.45) is 5.41 Å². The summed E-state index contributed by atoms with van der Waals surface area (Å²) in [7, 11) is 0. The van der Waals surface area contributed by atoms with Gasteiger partial charge in [0.2, 0.25) is 0 Å². The van der Waals surface area contributed by atoms with Crippen LogP contribution in [0.4, 0.5) is 0 Å². The number of hydrogen-bond acceptors (Lipinski definition) is 4. The summed E-state index contributed by atoms with van der Waals surface area (Å²) in [4.78, 5) is 36.4. The SMILES string of the molecule is Cc1cn(C/C=C/COC(=O)CC(C)(C)C)c(=O)[nH]c1=O. The zero-order valence-electron chi connectivity index (χ0n) is 12.9. The van der Waals surface area contributed by atoms with Crippen molar-refractivity contribution >= 4 is 5.97 Å². The molecule has 6 nitrogen and oxygen atoms in total. The van der Waals surface area contributed by atoms with E-state index in [4.69, 9.17) is 4.74 Å². The maximum Gasteiger partial charge on any atom is 0.328 e. The molecule has 0 aliphatic rings. The molecule has 1 N–H and O–H groups in total. The largest absolute Gasteiger partial charge is 0.461 e. The molecule has 0 aromatic carbocycles. The van der Waals surface area contributed by atoms with Crippen molar-refractivity contribution in [2.45, 2.75) is 40.7 Å². The topological polar surface area (TPSA) is 81.2 Å². The highest BCUT2D eigenvalue weighted by molar-refractivity contribution is 5.70. The molecule has 1 rings (SSSR count). The van der Waals surface area contributed by atoms with Crippen molar-refractivity contribution < 1.29 is 9.53 Å². The van der Waals surface area contributed by atoms with Gasteiger partial charge in [0, 0.05) is 18.3 Å². The van der Waals surface area contributed by atoms with E-state index in [2.05, 4.69) is 4.98 Å². The molecule has 116 valence electrons. The maximum absolute atomic E-state index is 11.5. The van der Waals surface area contributed by atoms with Crippen molar-refractivity contribution in [3.63, 3.8) is 0 Å². The van der Waals surface area contributed by atoms with Gasteiger partial charge >= 0.3 is 11.7 Å². The van der Waals surface area contributed by atoms with Crippen LogP contribution in [0.25, 0.3) is 0 Å². The molecule has 0 radical (unpaired) electrons. The molecule has 1 aromatic heterocycles. The van der Waals surface area contributed by atoms with E-state index in [0.717, 1.165) is 0 Å². The molecule has 0 amide bonds. The Bertz CT molecular complexity index is 632. The summed E-state index contributed by atoms with van der Waals surface area (Å²) in [5, 5.41) is 0. The number of nitrogens with one attached hydrogen (secondary N) is 1. The van der Waals surface area contributed by atoms with Gasteiger partial charge in [-0.1, -0.05) is 26.8 Å². The number of allylic oxidation sites excluding steroid dienone is 1. The summed E-state index contributed by atoms with van der Waals surface area (Å²) in [6, 6.07) is 0. The molecule has 0 bridgehead atoms. The quantitative estimate of drug-likeness (QED) is 0.657. The third-order valence-electron chi connectivity index (χ3n) is 2.67. The summed E-state index contributed by atoms with van der Waals surface area (Å²) >= 11 is 0. The number of esters is 1. The monoisotopic (exact) mass is 294 g/mol. The van der Waals surface area contributed by atoms with E-state index in [-0.39, 0.29) is 23.6 Å². The molecule has 1 aromatic rings. The Kier molecular flexibility index (Phi) is 5.69. The number of hydrogen-bond donors (Lipinski definition) is 1. The maximum atomic E-state index is 11.5. The van der Waals surface area contributed by atoms with Crippen LogP contribution in [0, 0.1) is 12.3 Å². The second-order valence-corrected chi connectivity index (χ2v) is 6.12. The van der Waals surface area contributed by atoms with Crippen LogP contribution in [0.2, 0.25) is 0 Å². The van der Waals surface area contributed by atoms with Crippen LogP contribution in [0.1, 0.15) is 32.8 Å². The van der Waals surface area contributed by atoms with E-state index in [1.54, 1.807) is 19.1 Å². The van der Waals surface area contributed by atoms with Crippen molar-refractivity contribution in [1.29, 1.82) is 0 Å². The lowest BCUT2D eigenvalue weighted by atomic mass is 9.93. The molecule has 21 heavy (non-hydrogen) atoms. The molecule has 1 heterocycles. The first-order valence-corrected chi connectivity index (χ1v) is 6.80. The Hall–Kier alpha value is -2.11. The molecule has 0 fully saturated rings. The number of aryl methyl sites for hydroxylation is 1. The Labute approximate surface area is 123 Å². The van der Waals surface area contributed by atoms with Gasteiger partial charge in [0.1, 0.15) is 6.61 Å².